The fourth-order valence-corrected chi connectivity index (χ4v) is 2.03. The number of piperidine rings is 1. The summed E-state index contributed by atoms with van der Waals surface area (Å²) in [6.07, 6.45) is 9.47. The zero-order valence-electron chi connectivity index (χ0n) is 8.41. The van der Waals surface area contributed by atoms with Crippen molar-refractivity contribution >= 4 is 6.29 Å². The van der Waals surface area contributed by atoms with Crippen molar-refractivity contribution < 1.29 is 4.79 Å². The summed E-state index contributed by atoms with van der Waals surface area (Å²) in [5.74, 6) is 0. The van der Waals surface area contributed by atoms with Gasteiger partial charge in [0.25, 0.3) is 0 Å². The van der Waals surface area contributed by atoms with E-state index in [-0.39, 0.29) is 0 Å². The molecule has 0 N–H and O–H groups in total. The molecule has 0 aromatic carbocycles. The fourth-order valence-electron chi connectivity index (χ4n) is 2.03. The minimum absolute atomic E-state index is 0.676. The first-order valence-electron chi connectivity index (χ1n) is 5.22. The molecule has 0 aromatic rings. The molecule has 1 aliphatic rings. The lowest BCUT2D eigenvalue weighted by atomic mass is 9.99. The van der Waals surface area contributed by atoms with Crippen LogP contribution in [0.3, 0.4) is 0 Å². The summed E-state index contributed by atoms with van der Waals surface area (Å²) >= 11 is 0. The highest BCUT2D eigenvalue weighted by Gasteiger charge is 2.18. The topological polar surface area (TPSA) is 20.3 Å². The van der Waals surface area contributed by atoms with Crippen LogP contribution in [0, 0.1) is 0 Å². The molecule has 1 heterocycles. The molecule has 74 valence electrons. The Morgan fingerprint density at radius 2 is 2.31 bits per heavy atom. The van der Waals surface area contributed by atoms with Crippen molar-refractivity contribution in [2.24, 2.45) is 0 Å². The van der Waals surface area contributed by atoms with E-state index in [1.807, 2.05) is 6.08 Å². The minimum Gasteiger partial charge on any atom is -0.300 e. The van der Waals surface area contributed by atoms with Crippen LogP contribution in [0.4, 0.5) is 0 Å². The monoisotopic (exact) mass is 181 g/mol. The van der Waals surface area contributed by atoms with Gasteiger partial charge in [-0.3, -0.25) is 4.79 Å². The van der Waals surface area contributed by atoms with Gasteiger partial charge in [0.1, 0.15) is 6.29 Å². The van der Waals surface area contributed by atoms with Crippen LogP contribution >= 0.6 is 0 Å². The van der Waals surface area contributed by atoms with Gasteiger partial charge in [-0.2, -0.15) is 0 Å². The third-order valence-corrected chi connectivity index (χ3v) is 2.78. The summed E-state index contributed by atoms with van der Waals surface area (Å²) < 4.78 is 0. The zero-order valence-corrected chi connectivity index (χ0v) is 8.41. The van der Waals surface area contributed by atoms with E-state index in [4.69, 9.17) is 0 Å². The number of carbonyl (C=O) groups is 1. The average Bonchev–Trinajstić information content (AvgIpc) is 2.19. The molecular formula is C11H19NO. The van der Waals surface area contributed by atoms with Crippen LogP contribution in [0.1, 0.15) is 32.6 Å². The van der Waals surface area contributed by atoms with Gasteiger partial charge in [-0.25, -0.2) is 0 Å². The van der Waals surface area contributed by atoms with E-state index in [0.29, 0.717) is 6.04 Å². The van der Waals surface area contributed by atoms with E-state index in [9.17, 15) is 4.79 Å². The molecule has 0 spiro atoms. The highest BCUT2D eigenvalue weighted by atomic mass is 16.1. The molecule has 1 saturated heterocycles. The predicted molar refractivity (Wildman–Crippen MR) is 54.7 cm³/mol. The van der Waals surface area contributed by atoms with E-state index in [2.05, 4.69) is 11.8 Å². The highest BCUT2D eigenvalue weighted by molar-refractivity contribution is 5.64. The Balaban J connectivity index is 2.35. The molecule has 13 heavy (non-hydrogen) atoms. The van der Waals surface area contributed by atoms with Crippen molar-refractivity contribution in [2.75, 3.05) is 13.1 Å². The Morgan fingerprint density at radius 3 is 3.00 bits per heavy atom. The lowest BCUT2D eigenvalue weighted by Gasteiger charge is -2.34. The third-order valence-electron chi connectivity index (χ3n) is 2.78. The summed E-state index contributed by atoms with van der Waals surface area (Å²) in [4.78, 5) is 12.6. The molecule has 0 radical (unpaired) electrons. The molecule has 2 nitrogen and oxygen atoms in total. The smallest absolute Gasteiger partial charge is 0.142 e. The number of rotatable bonds is 4. The van der Waals surface area contributed by atoms with Crippen molar-refractivity contribution in [2.45, 2.75) is 38.6 Å². The van der Waals surface area contributed by atoms with Crippen molar-refractivity contribution in [3.8, 4) is 0 Å². The molecule has 1 rings (SSSR count). The number of allylic oxidation sites excluding steroid dienone is 1. The third kappa shape index (κ3) is 3.31. The second kappa shape index (κ2) is 5.92. The van der Waals surface area contributed by atoms with Crippen LogP contribution in [-0.4, -0.2) is 30.3 Å². The lowest BCUT2D eigenvalue weighted by Crippen LogP contribution is -2.38. The summed E-state index contributed by atoms with van der Waals surface area (Å²) in [5.41, 5.74) is 0. The lowest BCUT2D eigenvalue weighted by molar-refractivity contribution is -0.104. The van der Waals surface area contributed by atoms with Gasteiger partial charge in [-0.15, -0.1) is 0 Å². The van der Waals surface area contributed by atoms with E-state index in [1.165, 1.54) is 25.8 Å². The first-order valence-corrected chi connectivity index (χ1v) is 5.22. The van der Waals surface area contributed by atoms with Gasteiger partial charge in [-0.05, 0) is 38.4 Å². The number of likely N-dealkylation sites (tertiary alicyclic amines) is 1. The molecule has 1 fully saturated rings. The molecular weight excluding hydrogens is 162 g/mol. The summed E-state index contributed by atoms with van der Waals surface area (Å²) in [6.45, 7) is 4.58. The van der Waals surface area contributed by atoms with Gasteiger partial charge >= 0.3 is 0 Å². The molecule has 2 heteroatoms. The Kier molecular flexibility index (Phi) is 4.76. The van der Waals surface area contributed by atoms with Crippen LogP contribution in [0.5, 0.6) is 0 Å². The normalized spacial score (nSPS) is 25.2. The van der Waals surface area contributed by atoms with Gasteiger partial charge in [0.15, 0.2) is 0 Å². The number of hydrogen-bond donors (Lipinski definition) is 0. The van der Waals surface area contributed by atoms with E-state index in [1.54, 1.807) is 6.08 Å². The fraction of sp³-hybridized carbons (Fsp3) is 0.727. The van der Waals surface area contributed by atoms with Gasteiger partial charge in [0.2, 0.25) is 0 Å². The predicted octanol–water partition coefficient (Wildman–Crippen LogP) is 2.01. The van der Waals surface area contributed by atoms with Crippen molar-refractivity contribution in [3.63, 3.8) is 0 Å². The maximum absolute atomic E-state index is 10.1. The van der Waals surface area contributed by atoms with Crippen molar-refractivity contribution in [1.29, 1.82) is 0 Å². The van der Waals surface area contributed by atoms with Gasteiger partial charge in [0, 0.05) is 6.04 Å². The van der Waals surface area contributed by atoms with Crippen LogP contribution in [-0.2, 0) is 4.79 Å². The van der Waals surface area contributed by atoms with Gasteiger partial charge in [-0.1, -0.05) is 19.4 Å². The van der Waals surface area contributed by atoms with Crippen molar-refractivity contribution in [1.82, 2.24) is 4.90 Å². The summed E-state index contributed by atoms with van der Waals surface area (Å²) in [7, 11) is 0. The molecule has 1 unspecified atom stereocenters. The average molecular weight is 181 g/mol. The summed E-state index contributed by atoms with van der Waals surface area (Å²) in [5, 5.41) is 0. The number of nitrogens with zero attached hydrogens (tertiary/aromatic N) is 1. The largest absolute Gasteiger partial charge is 0.300 e. The molecule has 1 atom stereocenters. The minimum atomic E-state index is 0.676. The Labute approximate surface area is 80.6 Å². The van der Waals surface area contributed by atoms with Crippen LogP contribution in [0.25, 0.3) is 0 Å². The van der Waals surface area contributed by atoms with E-state index >= 15 is 0 Å². The van der Waals surface area contributed by atoms with E-state index < -0.39 is 0 Å². The highest BCUT2D eigenvalue weighted by Crippen LogP contribution is 2.19. The first-order chi connectivity index (χ1) is 6.38. The maximum atomic E-state index is 10.1. The van der Waals surface area contributed by atoms with Gasteiger partial charge < -0.3 is 4.90 Å². The van der Waals surface area contributed by atoms with E-state index in [0.717, 1.165) is 19.3 Å². The quantitative estimate of drug-likeness (QED) is 0.488. The Bertz CT molecular complexity index is 177. The molecule has 0 amide bonds. The van der Waals surface area contributed by atoms with Gasteiger partial charge in [0.05, 0.1) is 0 Å². The Morgan fingerprint density at radius 1 is 1.46 bits per heavy atom. The first kappa shape index (κ1) is 10.5. The molecule has 0 aromatic heterocycles. The maximum Gasteiger partial charge on any atom is 0.142 e. The Hall–Kier alpha value is -0.630. The molecule has 0 bridgehead atoms. The number of hydrogen-bond acceptors (Lipinski definition) is 2. The zero-order chi connectivity index (χ0) is 9.52. The van der Waals surface area contributed by atoms with Crippen LogP contribution in [0.2, 0.25) is 0 Å². The molecule has 0 aliphatic carbocycles. The molecule has 0 saturated carbocycles. The summed E-state index contributed by atoms with van der Waals surface area (Å²) in [6, 6.07) is 0.676. The van der Waals surface area contributed by atoms with Crippen LogP contribution in [0.15, 0.2) is 12.2 Å². The number of carbonyl (C=O) groups excluding carboxylic acids is 1. The second-order valence-electron chi connectivity index (χ2n) is 3.58. The SMILES string of the molecule is CCN1CCCCC1C/C=C\C=O. The van der Waals surface area contributed by atoms with Crippen molar-refractivity contribution in [3.05, 3.63) is 12.2 Å². The number of aldehydes is 1. The standard InChI is InChI=1S/C11H19NO/c1-2-12-9-5-3-7-11(12)8-4-6-10-13/h4,6,10-11H,2-3,5,7-9H2,1H3/b6-4-. The van der Waals surface area contributed by atoms with Crippen LogP contribution < -0.4 is 0 Å². The second-order valence-corrected chi connectivity index (χ2v) is 3.58. The molecule has 1 aliphatic heterocycles.